The van der Waals surface area contributed by atoms with E-state index in [1.165, 1.54) is 11.8 Å². The number of benzene rings is 2. The summed E-state index contributed by atoms with van der Waals surface area (Å²) in [5, 5.41) is 7.87. The van der Waals surface area contributed by atoms with Crippen molar-refractivity contribution in [3.05, 3.63) is 77.1 Å². The van der Waals surface area contributed by atoms with E-state index in [1.54, 1.807) is 4.52 Å². The van der Waals surface area contributed by atoms with Crippen molar-refractivity contribution in [1.29, 1.82) is 0 Å². The summed E-state index contributed by atoms with van der Waals surface area (Å²) in [7, 11) is 0. The fourth-order valence-electron chi connectivity index (χ4n) is 3.00. The monoisotopic (exact) mass is 433 g/mol. The normalized spacial score (nSPS) is 10.9. The van der Waals surface area contributed by atoms with Crippen molar-refractivity contribution in [2.24, 2.45) is 0 Å². The maximum absolute atomic E-state index is 12.3. The standard InChI is InChI=1S/C23H23N5O2S/c1-15-16(2)24-22-26-23(27-28(22)17(15)3)31-14-21(29)25-19-9-11-20(12-10-19)30-13-18-7-5-4-6-8-18/h4-12H,13-14H2,1-3H3,(H,25,29). The number of nitrogens with one attached hydrogen (secondary N) is 1. The van der Waals surface area contributed by atoms with Crippen molar-refractivity contribution in [1.82, 2.24) is 19.6 Å². The predicted molar refractivity (Wildman–Crippen MR) is 122 cm³/mol. The summed E-state index contributed by atoms with van der Waals surface area (Å²) in [6, 6.07) is 17.3. The number of thioether (sulfide) groups is 1. The van der Waals surface area contributed by atoms with Gasteiger partial charge >= 0.3 is 0 Å². The molecule has 1 amide bonds. The minimum absolute atomic E-state index is 0.126. The van der Waals surface area contributed by atoms with E-state index in [1.807, 2.05) is 75.4 Å². The molecule has 0 bridgehead atoms. The van der Waals surface area contributed by atoms with Crippen LogP contribution in [0.4, 0.5) is 5.69 Å². The molecule has 0 fully saturated rings. The topological polar surface area (TPSA) is 81.4 Å². The molecular formula is C23H23N5O2S. The maximum atomic E-state index is 12.3. The first-order valence-corrected chi connectivity index (χ1v) is 10.9. The lowest BCUT2D eigenvalue weighted by molar-refractivity contribution is -0.113. The lowest BCUT2D eigenvalue weighted by Crippen LogP contribution is -2.14. The fraction of sp³-hybridized carbons (Fsp3) is 0.217. The van der Waals surface area contributed by atoms with E-state index < -0.39 is 0 Å². The number of hydrogen-bond acceptors (Lipinski definition) is 6. The molecule has 0 unspecified atom stereocenters. The number of aryl methyl sites for hydroxylation is 2. The highest BCUT2D eigenvalue weighted by Crippen LogP contribution is 2.20. The summed E-state index contributed by atoms with van der Waals surface area (Å²) in [5.74, 6) is 1.38. The molecule has 2 heterocycles. The van der Waals surface area contributed by atoms with Gasteiger partial charge in [0.25, 0.3) is 5.78 Å². The van der Waals surface area contributed by atoms with Crippen LogP contribution in [-0.4, -0.2) is 31.2 Å². The predicted octanol–water partition coefficient (Wildman–Crippen LogP) is 4.36. The van der Waals surface area contributed by atoms with E-state index in [4.69, 9.17) is 4.74 Å². The Morgan fingerprint density at radius 3 is 2.52 bits per heavy atom. The van der Waals surface area contributed by atoms with Gasteiger partial charge in [-0.05, 0) is 56.2 Å². The van der Waals surface area contributed by atoms with Crippen LogP contribution in [0.15, 0.2) is 59.8 Å². The maximum Gasteiger partial charge on any atom is 0.253 e. The van der Waals surface area contributed by atoms with Gasteiger partial charge in [0.1, 0.15) is 12.4 Å². The number of fused-ring (bicyclic) bond motifs is 1. The van der Waals surface area contributed by atoms with E-state index in [0.717, 1.165) is 28.3 Å². The zero-order chi connectivity index (χ0) is 21.8. The fourth-order valence-corrected chi connectivity index (χ4v) is 3.62. The number of hydrogen-bond donors (Lipinski definition) is 1. The number of aromatic nitrogens is 4. The third-order valence-electron chi connectivity index (χ3n) is 4.96. The summed E-state index contributed by atoms with van der Waals surface area (Å²) in [5.41, 5.74) is 4.84. The zero-order valence-corrected chi connectivity index (χ0v) is 18.4. The molecule has 0 aliphatic rings. The van der Waals surface area contributed by atoms with Crippen molar-refractivity contribution in [3.8, 4) is 5.75 Å². The number of anilines is 1. The highest BCUT2D eigenvalue weighted by Gasteiger charge is 2.13. The Balaban J connectivity index is 1.30. The van der Waals surface area contributed by atoms with Crippen LogP contribution < -0.4 is 10.1 Å². The van der Waals surface area contributed by atoms with Crippen LogP contribution in [0.3, 0.4) is 0 Å². The van der Waals surface area contributed by atoms with Crippen LogP contribution in [-0.2, 0) is 11.4 Å². The van der Waals surface area contributed by atoms with Gasteiger partial charge in [-0.3, -0.25) is 4.79 Å². The lowest BCUT2D eigenvalue weighted by Gasteiger charge is -2.08. The summed E-state index contributed by atoms with van der Waals surface area (Å²) in [6.45, 7) is 6.45. The smallest absolute Gasteiger partial charge is 0.253 e. The number of amides is 1. The molecule has 2 aromatic heterocycles. The molecule has 4 aromatic rings. The number of rotatable bonds is 7. The second-order valence-corrected chi connectivity index (χ2v) is 8.09. The Bertz CT molecular complexity index is 1210. The zero-order valence-electron chi connectivity index (χ0n) is 17.6. The van der Waals surface area contributed by atoms with Crippen molar-refractivity contribution in [2.75, 3.05) is 11.1 Å². The van der Waals surface area contributed by atoms with E-state index in [2.05, 4.69) is 20.4 Å². The van der Waals surface area contributed by atoms with Crippen LogP contribution in [0.5, 0.6) is 5.75 Å². The summed E-state index contributed by atoms with van der Waals surface area (Å²) in [4.78, 5) is 21.2. The Hall–Kier alpha value is -3.39. The minimum Gasteiger partial charge on any atom is -0.489 e. The van der Waals surface area contributed by atoms with Gasteiger partial charge in [-0.2, -0.15) is 4.98 Å². The Labute approximate surface area is 184 Å². The quantitative estimate of drug-likeness (QED) is 0.436. The third-order valence-corrected chi connectivity index (χ3v) is 5.80. The van der Waals surface area contributed by atoms with Crippen molar-refractivity contribution in [3.63, 3.8) is 0 Å². The first-order valence-electron chi connectivity index (χ1n) is 9.89. The molecule has 0 aliphatic carbocycles. The van der Waals surface area contributed by atoms with Gasteiger partial charge < -0.3 is 10.1 Å². The molecule has 0 radical (unpaired) electrons. The molecule has 8 heteroatoms. The van der Waals surface area contributed by atoms with E-state index >= 15 is 0 Å². The lowest BCUT2D eigenvalue weighted by atomic mass is 10.2. The van der Waals surface area contributed by atoms with Gasteiger partial charge in [0.05, 0.1) is 5.75 Å². The summed E-state index contributed by atoms with van der Waals surface area (Å²) in [6.07, 6.45) is 0. The van der Waals surface area contributed by atoms with Crippen LogP contribution in [0.25, 0.3) is 5.78 Å². The second-order valence-electron chi connectivity index (χ2n) is 7.15. The minimum atomic E-state index is -0.126. The van der Waals surface area contributed by atoms with Gasteiger partial charge in [0, 0.05) is 17.1 Å². The van der Waals surface area contributed by atoms with Crippen LogP contribution in [0, 0.1) is 20.8 Å². The molecule has 0 atom stereocenters. The molecular weight excluding hydrogens is 410 g/mol. The third kappa shape index (κ3) is 5.03. The van der Waals surface area contributed by atoms with Crippen molar-refractivity contribution >= 4 is 29.1 Å². The molecule has 31 heavy (non-hydrogen) atoms. The molecule has 2 aromatic carbocycles. The van der Waals surface area contributed by atoms with Crippen LogP contribution in [0.2, 0.25) is 0 Å². The number of carbonyl (C=O) groups is 1. The number of ether oxygens (including phenoxy) is 1. The van der Waals surface area contributed by atoms with E-state index in [9.17, 15) is 4.79 Å². The number of nitrogens with zero attached hydrogens (tertiary/aromatic N) is 4. The highest BCUT2D eigenvalue weighted by atomic mass is 32.2. The Morgan fingerprint density at radius 1 is 1.03 bits per heavy atom. The molecule has 0 aliphatic heterocycles. The van der Waals surface area contributed by atoms with Gasteiger partial charge in [-0.15, -0.1) is 5.10 Å². The first-order chi connectivity index (χ1) is 15.0. The molecule has 1 N–H and O–H groups in total. The molecule has 0 saturated carbocycles. The van der Waals surface area contributed by atoms with E-state index in [-0.39, 0.29) is 11.7 Å². The Morgan fingerprint density at radius 2 is 1.77 bits per heavy atom. The molecule has 0 spiro atoms. The van der Waals surface area contributed by atoms with Crippen LogP contribution in [0.1, 0.15) is 22.5 Å². The number of carbonyl (C=O) groups excluding carboxylic acids is 1. The van der Waals surface area contributed by atoms with Gasteiger partial charge in [0.15, 0.2) is 0 Å². The second kappa shape index (κ2) is 9.18. The van der Waals surface area contributed by atoms with E-state index in [0.29, 0.717) is 23.2 Å². The largest absolute Gasteiger partial charge is 0.489 e. The first kappa shape index (κ1) is 20.9. The van der Waals surface area contributed by atoms with Crippen molar-refractivity contribution < 1.29 is 9.53 Å². The highest BCUT2D eigenvalue weighted by molar-refractivity contribution is 7.99. The van der Waals surface area contributed by atoms with Crippen molar-refractivity contribution in [2.45, 2.75) is 32.5 Å². The van der Waals surface area contributed by atoms with Gasteiger partial charge in [0.2, 0.25) is 11.1 Å². The molecule has 7 nitrogen and oxygen atoms in total. The summed E-state index contributed by atoms with van der Waals surface area (Å²) < 4.78 is 7.49. The molecule has 158 valence electrons. The SMILES string of the molecule is Cc1nc2nc(SCC(=O)Nc3ccc(OCc4ccccc4)cc3)nn2c(C)c1C. The van der Waals surface area contributed by atoms with Crippen LogP contribution >= 0.6 is 11.8 Å². The molecule has 4 rings (SSSR count). The molecule has 0 saturated heterocycles. The Kier molecular flexibility index (Phi) is 6.18. The van der Waals surface area contributed by atoms with Gasteiger partial charge in [-0.25, -0.2) is 9.50 Å². The average molecular weight is 434 g/mol. The van der Waals surface area contributed by atoms with Gasteiger partial charge in [-0.1, -0.05) is 42.1 Å². The average Bonchev–Trinajstić information content (AvgIpc) is 3.19. The summed E-state index contributed by atoms with van der Waals surface area (Å²) >= 11 is 1.28.